The zero-order chi connectivity index (χ0) is 15.5. The minimum atomic E-state index is 0.657. The zero-order valence-corrected chi connectivity index (χ0v) is 12.8. The van der Waals surface area contributed by atoms with Crippen LogP contribution in [0, 0.1) is 29.6 Å². The van der Waals surface area contributed by atoms with E-state index in [1.165, 1.54) is 0 Å². The number of nitriles is 2. The molecule has 3 rings (SSSR count). The Balaban J connectivity index is 2.12. The van der Waals surface area contributed by atoms with Crippen molar-refractivity contribution in [2.24, 2.45) is 0 Å². The predicted molar refractivity (Wildman–Crippen MR) is 89.4 cm³/mol. The third-order valence-corrected chi connectivity index (χ3v) is 4.80. The van der Waals surface area contributed by atoms with Gasteiger partial charge in [-0.3, -0.25) is 0 Å². The summed E-state index contributed by atoms with van der Waals surface area (Å²) in [6, 6.07) is 21.8. The Morgan fingerprint density at radius 3 is 2.50 bits per heavy atom. The first-order chi connectivity index (χ1) is 10.7. The second-order valence-corrected chi connectivity index (χ2v) is 6.02. The molecule has 1 aromatic heterocycles. The Labute approximate surface area is 133 Å². The lowest BCUT2D eigenvalue weighted by Gasteiger charge is -2.01. The molecule has 3 aromatic rings. The van der Waals surface area contributed by atoms with Crippen LogP contribution in [0.25, 0.3) is 20.9 Å². The summed E-state index contributed by atoms with van der Waals surface area (Å²) in [5.74, 6) is 0. The molecule has 0 amide bonds. The van der Waals surface area contributed by atoms with E-state index < -0.39 is 0 Å². The number of nitrogens with zero attached hydrogens (tertiary/aromatic N) is 2. The lowest BCUT2D eigenvalue weighted by atomic mass is 10.0. The Morgan fingerprint density at radius 1 is 0.909 bits per heavy atom. The van der Waals surface area contributed by atoms with Gasteiger partial charge in [-0.1, -0.05) is 30.3 Å². The molecule has 2 aromatic carbocycles. The van der Waals surface area contributed by atoms with Gasteiger partial charge in [-0.05, 0) is 42.3 Å². The third kappa shape index (κ3) is 2.51. The number of aryl methyl sites for hydroxylation is 1. The number of thiophene rings is 1. The van der Waals surface area contributed by atoms with E-state index in [1.807, 2.05) is 42.5 Å². The SMILES string of the molecule is Cc1cc(-c2ccccc2C#N)sc1-c1cccc(C#N)c1. The van der Waals surface area contributed by atoms with E-state index in [1.54, 1.807) is 17.4 Å². The Kier molecular flexibility index (Phi) is 3.74. The minimum Gasteiger partial charge on any atom is -0.192 e. The quantitative estimate of drug-likeness (QED) is 0.658. The largest absolute Gasteiger partial charge is 0.192 e. The van der Waals surface area contributed by atoms with Gasteiger partial charge in [0.15, 0.2) is 0 Å². The van der Waals surface area contributed by atoms with Gasteiger partial charge in [0.05, 0.1) is 23.3 Å². The first-order valence-corrected chi connectivity index (χ1v) is 7.65. The highest BCUT2D eigenvalue weighted by atomic mass is 32.1. The third-order valence-electron chi connectivity index (χ3n) is 3.48. The minimum absolute atomic E-state index is 0.657. The standard InChI is InChI=1S/C19H12N2S/c1-13-9-18(17-8-3-2-6-16(17)12-21)22-19(13)15-7-4-5-14(10-15)11-20/h2-10H,1H3. The van der Waals surface area contributed by atoms with E-state index in [4.69, 9.17) is 5.26 Å². The Bertz CT molecular complexity index is 923. The summed E-state index contributed by atoms with van der Waals surface area (Å²) in [7, 11) is 0. The monoisotopic (exact) mass is 300 g/mol. The maximum absolute atomic E-state index is 9.26. The van der Waals surface area contributed by atoms with Crippen molar-refractivity contribution < 1.29 is 0 Å². The van der Waals surface area contributed by atoms with Crippen LogP contribution in [0.1, 0.15) is 16.7 Å². The summed E-state index contributed by atoms with van der Waals surface area (Å²) in [5.41, 5.74) is 4.50. The maximum Gasteiger partial charge on any atom is 0.0998 e. The maximum atomic E-state index is 9.26. The van der Waals surface area contributed by atoms with Crippen molar-refractivity contribution in [2.75, 3.05) is 0 Å². The summed E-state index contributed by atoms with van der Waals surface area (Å²) < 4.78 is 0. The Hall–Kier alpha value is -2.88. The fourth-order valence-corrected chi connectivity index (χ4v) is 3.64. The van der Waals surface area contributed by atoms with Crippen LogP contribution in [0.15, 0.2) is 54.6 Å². The lowest BCUT2D eigenvalue weighted by Crippen LogP contribution is -1.79. The topological polar surface area (TPSA) is 47.6 Å². The Morgan fingerprint density at radius 2 is 1.73 bits per heavy atom. The molecule has 0 unspecified atom stereocenters. The molecule has 104 valence electrons. The highest BCUT2D eigenvalue weighted by Crippen LogP contribution is 2.39. The van der Waals surface area contributed by atoms with Crippen LogP contribution in [-0.2, 0) is 0 Å². The molecule has 0 saturated carbocycles. The highest BCUT2D eigenvalue weighted by Gasteiger charge is 2.12. The van der Waals surface area contributed by atoms with E-state index >= 15 is 0 Å². The summed E-state index contributed by atoms with van der Waals surface area (Å²) in [4.78, 5) is 2.21. The number of hydrogen-bond donors (Lipinski definition) is 0. The fraction of sp³-hybridized carbons (Fsp3) is 0.0526. The van der Waals surface area contributed by atoms with Crippen LogP contribution in [0.4, 0.5) is 0 Å². The second-order valence-electron chi connectivity index (χ2n) is 4.97. The molecule has 0 spiro atoms. The summed E-state index contributed by atoms with van der Waals surface area (Å²) in [5, 5.41) is 18.3. The van der Waals surface area contributed by atoms with Gasteiger partial charge in [0, 0.05) is 15.3 Å². The molecular formula is C19H12N2S. The number of hydrogen-bond acceptors (Lipinski definition) is 3. The van der Waals surface area contributed by atoms with Crippen molar-refractivity contribution in [3.05, 3.63) is 71.3 Å². The molecule has 0 atom stereocenters. The van der Waals surface area contributed by atoms with E-state index in [-0.39, 0.29) is 0 Å². The molecule has 1 heterocycles. The molecule has 0 N–H and O–H groups in total. The van der Waals surface area contributed by atoms with Crippen molar-refractivity contribution in [3.63, 3.8) is 0 Å². The molecule has 0 bridgehead atoms. The zero-order valence-electron chi connectivity index (χ0n) is 12.0. The van der Waals surface area contributed by atoms with Gasteiger partial charge in [0.25, 0.3) is 0 Å². The lowest BCUT2D eigenvalue weighted by molar-refractivity contribution is 1.47. The molecule has 0 aliphatic heterocycles. The van der Waals surface area contributed by atoms with Crippen LogP contribution < -0.4 is 0 Å². The van der Waals surface area contributed by atoms with Crippen LogP contribution in [0.3, 0.4) is 0 Å². The van der Waals surface area contributed by atoms with E-state index in [2.05, 4.69) is 25.1 Å². The van der Waals surface area contributed by atoms with Gasteiger partial charge in [0.1, 0.15) is 0 Å². The normalized spacial score (nSPS) is 9.95. The average Bonchev–Trinajstić information content (AvgIpc) is 2.96. The highest BCUT2D eigenvalue weighted by molar-refractivity contribution is 7.19. The van der Waals surface area contributed by atoms with Gasteiger partial charge in [-0.15, -0.1) is 11.3 Å². The smallest absolute Gasteiger partial charge is 0.0998 e. The van der Waals surface area contributed by atoms with Crippen molar-refractivity contribution in [1.82, 2.24) is 0 Å². The summed E-state index contributed by atoms with van der Waals surface area (Å²) in [6.07, 6.45) is 0. The first-order valence-electron chi connectivity index (χ1n) is 6.83. The molecule has 0 aliphatic carbocycles. The molecular weight excluding hydrogens is 288 g/mol. The van der Waals surface area contributed by atoms with Gasteiger partial charge >= 0.3 is 0 Å². The van der Waals surface area contributed by atoms with Gasteiger partial charge < -0.3 is 0 Å². The average molecular weight is 300 g/mol. The van der Waals surface area contributed by atoms with Crippen molar-refractivity contribution in [1.29, 1.82) is 10.5 Å². The molecule has 0 saturated heterocycles. The van der Waals surface area contributed by atoms with E-state index in [0.29, 0.717) is 11.1 Å². The van der Waals surface area contributed by atoms with Crippen LogP contribution in [0.2, 0.25) is 0 Å². The molecule has 0 radical (unpaired) electrons. The molecule has 0 aliphatic rings. The molecule has 2 nitrogen and oxygen atoms in total. The molecule has 22 heavy (non-hydrogen) atoms. The van der Waals surface area contributed by atoms with Crippen LogP contribution in [0.5, 0.6) is 0 Å². The van der Waals surface area contributed by atoms with Gasteiger partial charge in [-0.25, -0.2) is 0 Å². The van der Waals surface area contributed by atoms with E-state index in [0.717, 1.165) is 26.4 Å². The molecule has 3 heteroatoms. The van der Waals surface area contributed by atoms with Gasteiger partial charge in [-0.2, -0.15) is 10.5 Å². The first kappa shape index (κ1) is 14.1. The summed E-state index contributed by atoms with van der Waals surface area (Å²) in [6.45, 7) is 2.06. The fourth-order valence-electron chi connectivity index (χ4n) is 2.43. The van der Waals surface area contributed by atoms with Crippen LogP contribution in [-0.4, -0.2) is 0 Å². The second kappa shape index (κ2) is 5.85. The van der Waals surface area contributed by atoms with E-state index in [9.17, 15) is 5.26 Å². The van der Waals surface area contributed by atoms with Crippen molar-refractivity contribution in [2.45, 2.75) is 6.92 Å². The predicted octanol–water partition coefficient (Wildman–Crippen LogP) is 5.13. The molecule has 0 fully saturated rings. The number of rotatable bonds is 2. The van der Waals surface area contributed by atoms with Gasteiger partial charge in [0.2, 0.25) is 0 Å². The van der Waals surface area contributed by atoms with Crippen LogP contribution >= 0.6 is 11.3 Å². The number of benzene rings is 2. The summed E-state index contributed by atoms with van der Waals surface area (Å²) >= 11 is 1.65. The van der Waals surface area contributed by atoms with Crippen molar-refractivity contribution in [3.8, 4) is 33.0 Å². The van der Waals surface area contributed by atoms with Crippen molar-refractivity contribution >= 4 is 11.3 Å².